The van der Waals surface area contributed by atoms with Gasteiger partial charge in [-0.05, 0) is 61.9 Å². The number of halogens is 1. The first-order chi connectivity index (χ1) is 10.2. The van der Waals surface area contributed by atoms with Gasteiger partial charge >= 0.3 is 0 Å². The first-order valence-electron chi connectivity index (χ1n) is 7.89. The van der Waals surface area contributed by atoms with Crippen LogP contribution in [0.4, 0.5) is 0 Å². The molecule has 2 aliphatic rings. The number of benzene rings is 1. The van der Waals surface area contributed by atoms with Crippen LogP contribution < -0.4 is 5.32 Å². The Labute approximate surface area is 131 Å². The van der Waals surface area contributed by atoms with E-state index in [1.807, 2.05) is 0 Å². The lowest BCUT2D eigenvalue weighted by Gasteiger charge is -2.34. The zero-order chi connectivity index (χ0) is 14.8. The first kappa shape index (κ1) is 14.9. The lowest BCUT2D eigenvalue weighted by Crippen LogP contribution is -2.36. The molecule has 0 spiro atoms. The van der Waals surface area contributed by atoms with Crippen molar-refractivity contribution in [2.45, 2.75) is 38.1 Å². The highest BCUT2D eigenvalue weighted by Crippen LogP contribution is 2.42. The van der Waals surface area contributed by atoms with Crippen molar-refractivity contribution < 1.29 is 4.79 Å². The average molecular weight is 307 g/mol. The van der Waals surface area contributed by atoms with Gasteiger partial charge in [0.15, 0.2) is 0 Å². The van der Waals surface area contributed by atoms with E-state index in [0.717, 1.165) is 24.4 Å². The monoisotopic (exact) mass is 306 g/mol. The molecule has 1 aromatic carbocycles. The van der Waals surface area contributed by atoms with Crippen LogP contribution in [-0.4, -0.2) is 30.9 Å². The highest BCUT2D eigenvalue weighted by atomic mass is 35.5. The molecule has 4 heteroatoms. The third-order valence-corrected chi connectivity index (χ3v) is 5.25. The third-order valence-electron chi connectivity index (χ3n) is 4.90. The van der Waals surface area contributed by atoms with E-state index in [1.165, 1.54) is 37.1 Å². The standard InChI is InChI=1S/C17H23ClN2O/c1-19-17(21)15-8-14(9-15)12-4-5-13(16(18)10-12)11-20-6-2-3-7-20/h4-5,10,14-15H,2-3,6-9,11H2,1H3,(H,19,21)/t14-,15-. The number of hydrogen-bond donors (Lipinski definition) is 1. The molecule has 3 nitrogen and oxygen atoms in total. The first-order valence-corrected chi connectivity index (χ1v) is 8.27. The van der Waals surface area contributed by atoms with Crippen molar-refractivity contribution in [2.75, 3.05) is 20.1 Å². The normalized spacial score (nSPS) is 25.6. The second kappa shape index (κ2) is 6.37. The fourth-order valence-electron chi connectivity index (χ4n) is 3.44. The highest BCUT2D eigenvalue weighted by molar-refractivity contribution is 6.31. The summed E-state index contributed by atoms with van der Waals surface area (Å²) in [7, 11) is 1.71. The van der Waals surface area contributed by atoms with Gasteiger partial charge in [-0.15, -0.1) is 0 Å². The molecule has 0 radical (unpaired) electrons. The lowest BCUT2D eigenvalue weighted by atomic mass is 9.71. The van der Waals surface area contributed by atoms with Crippen LogP contribution in [0.5, 0.6) is 0 Å². The second-order valence-electron chi connectivity index (χ2n) is 6.31. The van der Waals surface area contributed by atoms with Gasteiger partial charge in [-0.3, -0.25) is 9.69 Å². The van der Waals surface area contributed by atoms with Gasteiger partial charge in [0.2, 0.25) is 5.91 Å². The molecular weight excluding hydrogens is 284 g/mol. The van der Waals surface area contributed by atoms with E-state index in [9.17, 15) is 4.79 Å². The molecule has 114 valence electrons. The number of carbonyl (C=O) groups is 1. The van der Waals surface area contributed by atoms with E-state index < -0.39 is 0 Å². The molecule has 1 amide bonds. The predicted molar refractivity (Wildman–Crippen MR) is 85.5 cm³/mol. The maximum absolute atomic E-state index is 11.5. The number of nitrogens with one attached hydrogen (secondary N) is 1. The minimum absolute atomic E-state index is 0.169. The maximum Gasteiger partial charge on any atom is 0.222 e. The van der Waals surface area contributed by atoms with Crippen LogP contribution in [0.25, 0.3) is 0 Å². The number of likely N-dealkylation sites (tertiary alicyclic amines) is 1. The van der Waals surface area contributed by atoms with E-state index in [-0.39, 0.29) is 11.8 Å². The van der Waals surface area contributed by atoms with Crippen molar-refractivity contribution in [1.29, 1.82) is 0 Å². The summed E-state index contributed by atoms with van der Waals surface area (Å²) in [4.78, 5) is 14.0. The van der Waals surface area contributed by atoms with Crippen molar-refractivity contribution in [2.24, 2.45) is 5.92 Å². The van der Waals surface area contributed by atoms with Crippen LogP contribution in [0.15, 0.2) is 18.2 Å². The van der Waals surface area contributed by atoms with E-state index in [2.05, 4.69) is 28.4 Å². The smallest absolute Gasteiger partial charge is 0.222 e. The topological polar surface area (TPSA) is 32.3 Å². The minimum atomic E-state index is 0.169. The van der Waals surface area contributed by atoms with Crippen LogP contribution in [0.3, 0.4) is 0 Å². The van der Waals surface area contributed by atoms with Crippen molar-refractivity contribution in [3.05, 3.63) is 34.3 Å². The molecule has 1 aromatic rings. The van der Waals surface area contributed by atoms with Gasteiger partial charge in [-0.2, -0.15) is 0 Å². The molecular formula is C17H23ClN2O. The fourth-order valence-corrected chi connectivity index (χ4v) is 3.68. The largest absolute Gasteiger partial charge is 0.359 e. The summed E-state index contributed by atoms with van der Waals surface area (Å²) in [6.45, 7) is 3.34. The van der Waals surface area contributed by atoms with Gasteiger partial charge in [-0.1, -0.05) is 23.7 Å². The van der Waals surface area contributed by atoms with Gasteiger partial charge in [0.25, 0.3) is 0 Å². The summed E-state index contributed by atoms with van der Waals surface area (Å²) < 4.78 is 0. The van der Waals surface area contributed by atoms with Gasteiger partial charge in [0, 0.05) is 24.5 Å². The summed E-state index contributed by atoms with van der Waals surface area (Å²) >= 11 is 6.45. The van der Waals surface area contributed by atoms with Crippen molar-refractivity contribution in [3.63, 3.8) is 0 Å². The minimum Gasteiger partial charge on any atom is -0.359 e. The van der Waals surface area contributed by atoms with Gasteiger partial charge in [-0.25, -0.2) is 0 Å². The average Bonchev–Trinajstić information content (AvgIpc) is 2.93. The SMILES string of the molecule is CNC(=O)[C@H]1C[C@H](c2ccc(CN3CCCC3)c(Cl)c2)C1. The molecule has 2 fully saturated rings. The van der Waals surface area contributed by atoms with E-state index >= 15 is 0 Å². The van der Waals surface area contributed by atoms with Crippen molar-refractivity contribution in [3.8, 4) is 0 Å². The van der Waals surface area contributed by atoms with E-state index in [1.54, 1.807) is 7.05 Å². The Morgan fingerprint density at radius 1 is 1.33 bits per heavy atom. The van der Waals surface area contributed by atoms with Crippen LogP contribution >= 0.6 is 11.6 Å². The van der Waals surface area contributed by atoms with E-state index in [0.29, 0.717) is 5.92 Å². The van der Waals surface area contributed by atoms with Crippen molar-refractivity contribution >= 4 is 17.5 Å². The summed E-state index contributed by atoms with van der Waals surface area (Å²) in [5, 5.41) is 3.61. The molecule has 1 aliphatic heterocycles. The number of amides is 1. The van der Waals surface area contributed by atoms with Crippen LogP contribution in [0, 0.1) is 5.92 Å². The Bertz CT molecular complexity index is 520. The van der Waals surface area contributed by atoms with Crippen molar-refractivity contribution in [1.82, 2.24) is 10.2 Å². The maximum atomic E-state index is 11.5. The van der Waals surface area contributed by atoms with Crippen LogP contribution in [0.1, 0.15) is 42.7 Å². The highest BCUT2D eigenvalue weighted by Gasteiger charge is 2.34. The zero-order valence-electron chi connectivity index (χ0n) is 12.6. The molecule has 1 saturated carbocycles. The Kier molecular flexibility index (Phi) is 4.51. The Morgan fingerprint density at radius 3 is 2.67 bits per heavy atom. The zero-order valence-corrected chi connectivity index (χ0v) is 13.3. The molecule has 1 N–H and O–H groups in total. The molecule has 0 aromatic heterocycles. The Morgan fingerprint density at radius 2 is 2.05 bits per heavy atom. The Hall–Kier alpha value is -1.06. The molecule has 1 aliphatic carbocycles. The predicted octanol–water partition coefficient (Wildman–Crippen LogP) is 3.18. The number of carbonyl (C=O) groups excluding carboxylic acids is 1. The number of nitrogens with zero attached hydrogens (tertiary/aromatic N) is 1. The molecule has 1 saturated heterocycles. The van der Waals surface area contributed by atoms with Crippen LogP contribution in [0.2, 0.25) is 5.02 Å². The van der Waals surface area contributed by atoms with Gasteiger partial charge < -0.3 is 5.32 Å². The molecule has 21 heavy (non-hydrogen) atoms. The summed E-state index contributed by atoms with van der Waals surface area (Å²) in [5.74, 6) is 0.844. The number of rotatable bonds is 4. The Balaban J connectivity index is 1.61. The molecule has 1 heterocycles. The van der Waals surface area contributed by atoms with E-state index in [4.69, 9.17) is 11.6 Å². The third kappa shape index (κ3) is 3.24. The second-order valence-corrected chi connectivity index (χ2v) is 6.72. The molecule has 0 bridgehead atoms. The molecule has 0 atom stereocenters. The summed E-state index contributed by atoms with van der Waals surface area (Å²) in [5.41, 5.74) is 2.51. The fraction of sp³-hybridized carbons (Fsp3) is 0.588. The lowest BCUT2D eigenvalue weighted by molar-refractivity contribution is -0.127. The van der Waals surface area contributed by atoms with Gasteiger partial charge in [0.05, 0.1) is 0 Å². The summed E-state index contributed by atoms with van der Waals surface area (Å²) in [6.07, 6.45) is 4.50. The number of hydrogen-bond acceptors (Lipinski definition) is 2. The van der Waals surface area contributed by atoms with Gasteiger partial charge in [0.1, 0.15) is 0 Å². The molecule has 3 rings (SSSR count). The van der Waals surface area contributed by atoms with Crippen LogP contribution in [-0.2, 0) is 11.3 Å². The quantitative estimate of drug-likeness (QED) is 0.926. The summed E-state index contributed by atoms with van der Waals surface area (Å²) in [6, 6.07) is 6.48. The molecule has 0 unspecified atom stereocenters.